The van der Waals surface area contributed by atoms with Crippen molar-refractivity contribution in [1.29, 1.82) is 0 Å². The number of hydrogen-bond donors (Lipinski definition) is 12. The van der Waals surface area contributed by atoms with Crippen molar-refractivity contribution in [2.24, 2.45) is 35.5 Å². The SMILES string of the molecule is CCC1O[C@@H](COC[C@@H]2C(C(=O)O)O[C@@H](COCC3[C@@H](COC[C@H]4C(O)[C@H](CC)OC(CO)[C@H]4COC[C@@H]4OC(CO)[C@@H](COC)[C@@H](O)C4O)OC(COC(C)=O)[C@@H](O)[C@H]3O)C(O)[C@@H]2O)C(O)[C@H](O)[C@@H]1C. The van der Waals surface area contributed by atoms with Gasteiger partial charge in [-0.05, 0) is 12.8 Å². The van der Waals surface area contributed by atoms with E-state index in [0.717, 1.165) is 6.92 Å². The van der Waals surface area contributed by atoms with Crippen molar-refractivity contribution < 1.29 is 123 Å². The monoisotopic (exact) mass is 1030 g/mol. The first kappa shape index (κ1) is 60.0. The molecule has 25 heteroatoms. The zero-order chi connectivity index (χ0) is 52.3. The summed E-state index contributed by atoms with van der Waals surface area (Å²) in [5.41, 5.74) is 0. The molecular formula is C46H80O25. The maximum absolute atomic E-state index is 12.4. The summed E-state index contributed by atoms with van der Waals surface area (Å²) in [7, 11) is 1.41. The number of aliphatic carboxylic acids is 1. The molecule has 0 aromatic carbocycles. The number of carboxylic acids is 1. The van der Waals surface area contributed by atoms with E-state index in [1.165, 1.54) is 7.11 Å². The minimum absolute atomic E-state index is 0.0231. The number of carbonyl (C=O) groups excluding carboxylic acids is 1. The number of carboxylic acid groups (broad SMARTS) is 1. The van der Waals surface area contributed by atoms with Crippen LogP contribution in [0.3, 0.4) is 0 Å². The van der Waals surface area contributed by atoms with Crippen LogP contribution in [0, 0.1) is 35.5 Å². The van der Waals surface area contributed by atoms with Crippen LogP contribution in [0.25, 0.3) is 0 Å². The van der Waals surface area contributed by atoms with Gasteiger partial charge in [0.1, 0.15) is 55.4 Å². The van der Waals surface area contributed by atoms with Gasteiger partial charge in [-0.15, -0.1) is 0 Å². The lowest BCUT2D eigenvalue weighted by Gasteiger charge is -2.46. The van der Waals surface area contributed by atoms with Gasteiger partial charge >= 0.3 is 11.9 Å². The van der Waals surface area contributed by atoms with E-state index < -0.39 is 191 Å². The zero-order valence-electron chi connectivity index (χ0n) is 41.0. The Hall–Kier alpha value is -1.90. The number of aliphatic hydroxyl groups is 11. The predicted molar refractivity (Wildman–Crippen MR) is 238 cm³/mol. The summed E-state index contributed by atoms with van der Waals surface area (Å²) >= 11 is 0. The molecule has 5 saturated heterocycles. The largest absolute Gasteiger partial charge is 0.479 e. The highest BCUT2D eigenvalue weighted by Gasteiger charge is 2.51. The Morgan fingerprint density at radius 2 is 0.817 bits per heavy atom. The first-order chi connectivity index (χ1) is 33.8. The van der Waals surface area contributed by atoms with Crippen molar-refractivity contribution in [3.63, 3.8) is 0 Å². The summed E-state index contributed by atoms with van der Waals surface area (Å²) in [6, 6.07) is 0. The summed E-state index contributed by atoms with van der Waals surface area (Å²) in [5.74, 6) is -7.03. The number of esters is 1. The molecule has 5 aliphatic rings. The Morgan fingerprint density at radius 1 is 0.423 bits per heavy atom. The van der Waals surface area contributed by atoms with Gasteiger partial charge in [-0.2, -0.15) is 0 Å². The lowest BCUT2D eigenvalue weighted by atomic mass is 9.79. The van der Waals surface area contributed by atoms with Crippen LogP contribution in [0.5, 0.6) is 0 Å². The fourth-order valence-corrected chi connectivity index (χ4v) is 10.5. The predicted octanol–water partition coefficient (Wildman–Crippen LogP) is -5.05. The van der Waals surface area contributed by atoms with Gasteiger partial charge in [-0.1, -0.05) is 20.8 Å². The molecule has 25 nitrogen and oxygen atoms in total. The van der Waals surface area contributed by atoms with Gasteiger partial charge in [0.25, 0.3) is 0 Å². The molecule has 0 aromatic rings. The van der Waals surface area contributed by atoms with Crippen LogP contribution in [-0.2, 0) is 61.7 Å². The Bertz CT molecular complexity index is 1580. The first-order valence-corrected chi connectivity index (χ1v) is 24.6. The van der Waals surface area contributed by atoms with Gasteiger partial charge in [0, 0.05) is 49.5 Å². The average molecular weight is 1030 g/mol. The maximum atomic E-state index is 12.4. The van der Waals surface area contributed by atoms with Crippen molar-refractivity contribution in [2.75, 3.05) is 86.4 Å². The van der Waals surface area contributed by atoms with E-state index in [1.54, 1.807) is 13.8 Å². The Balaban J connectivity index is 1.22. The molecule has 0 aliphatic carbocycles. The maximum Gasteiger partial charge on any atom is 0.333 e. The lowest BCUT2D eigenvalue weighted by molar-refractivity contribution is -0.248. The van der Waals surface area contributed by atoms with E-state index in [1.807, 2.05) is 6.92 Å². The Morgan fingerprint density at radius 3 is 1.32 bits per heavy atom. The third kappa shape index (κ3) is 14.7. The van der Waals surface area contributed by atoms with Gasteiger partial charge in [-0.3, -0.25) is 4.79 Å². The summed E-state index contributed by atoms with van der Waals surface area (Å²) in [6.45, 7) is 2.75. The van der Waals surface area contributed by atoms with Crippen LogP contribution in [0.2, 0.25) is 0 Å². The number of ether oxygens (including phenoxy) is 11. The van der Waals surface area contributed by atoms with Gasteiger partial charge in [0.15, 0.2) is 6.10 Å². The lowest BCUT2D eigenvalue weighted by Crippen LogP contribution is -2.60. The second-order valence-electron chi connectivity index (χ2n) is 19.5. The molecule has 25 atom stereocenters. The molecule has 414 valence electrons. The summed E-state index contributed by atoms with van der Waals surface area (Å²) < 4.78 is 63.5. The summed E-state index contributed by atoms with van der Waals surface area (Å²) in [4.78, 5) is 24.1. The number of hydrogen-bond acceptors (Lipinski definition) is 24. The zero-order valence-corrected chi connectivity index (χ0v) is 41.0. The smallest absolute Gasteiger partial charge is 0.333 e. The molecule has 0 spiro atoms. The van der Waals surface area contributed by atoms with Crippen molar-refractivity contribution >= 4 is 11.9 Å². The van der Waals surface area contributed by atoms with Crippen LogP contribution in [-0.4, -0.2) is 276 Å². The van der Waals surface area contributed by atoms with Gasteiger partial charge in [-0.25, -0.2) is 4.79 Å². The molecule has 5 fully saturated rings. The van der Waals surface area contributed by atoms with Crippen LogP contribution in [0.15, 0.2) is 0 Å². The van der Waals surface area contributed by atoms with E-state index in [0.29, 0.717) is 12.8 Å². The van der Waals surface area contributed by atoms with Crippen molar-refractivity contribution in [3.8, 4) is 0 Å². The Labute approximate surface area is 412 Å². The first-order valence-electron chi connectivity index (χ1n) is 24.6. The second-order valence-corrected chi connectivity index (χ2v) is 19.5. The van der Waals surface area contributed by atoms with Crippen molar-refractivity contribution in [1.82, 2.24) is 0 Å². The van der Waals surface area contributed by atoms with E-state index in [2.05, 4.69) is 0 Å². The third-order valence-electron chi connectivity index (χ3n) is 14.9. The Kier molecular flexibility index (Phi) is 23.9. The van der Waals surface area contributed by atoms with Crippen LogP contribution in [0.1, 0.15) is 40.5 Å². The van der Waals surface area contributed by atoms with E-state index in [9.17, 15) is 70.9 Å². The number of methoxy groups -OCH3 is 1. The molecule has 0 radical (unpaired) electrons. The minimum Gasteiger partial charge on any atom is -0.479 e. The highest BCUT2D eigenvalue weighted by Crippen LogP contribution is 2.36. The summed E-state index contributed by atoms with van der Waals surface area (Å²) in [5, 5.41) is 129. The molecule has 12 N–H and O–H groups in total. The standard InChI is InChI=1S/C46H80O25/c1-6-27-20(3)36(50)41(55)32(67-27)16-65-14-26-40(54)43(57)34(71-45(26)46(59)60)18-64-13-25-31(70-35(19-66-21(4)49)44(58)39(25)53)15-63-12-23-22(29(8-47)68-28(7-2)37(23)51)11-62-17-33-42(56)38(52)24(10-61-5)30(9-48)69-33/h20,22-45,47-48,50-58H,6-19H2,1-5H3,(H,59,60)/t20-,22+,23-,24-,25?,26+,27?,28+,29?,30?,31-,32+,33+,34+,35?,36-,37?,38-,39+,40-,41?,42?,43?,44-,45?/m1/s1. The molecule has 5 aliphatic heterocycles. The highest BCUT2D eigenvalue weighted by atomic mass is 16.6. The van der Waals surface area contributed by atoms with Crippen LogP contribution >= 0.6 is 0 Å². The summed E-state index contributed by atoms with van der Waals surface area (Å²) in [6.07, 6.45) is -22.0. The second kappa shape index (κ2) is 28.3. The molecule has 71 heavy (non-hydrogen) atoms. The fraction of sp³-hybridized carbons (Fsp3) is 0.957. The van der Waals surface area contributed by atoms with E-state index in [4.69, 9.17) is 52.1 Å². The molecule has 5 heterocycles. The number of rotatable bonds is 25. The van der Waals surface area contributed by atoms with Gasteiger partial charge in [0.2, 0.25) is 0 Å². The van der Waals surface area contributed by atoms with Crippen LogP contribution in [0.4, 0.5) is 0 Å². The van der Waals surface area contributed by atoms with Crippen molar-refractivity contribution in [3.05, 3.63) is 0 Å². The number of carbonyl (C=O) groups is 2. The third-order valence-corrected chi connectivity index (χ3v) is 14.9. The van der Waals surface area contributed by atoms with Gasteiger partial charge in [0.05, 0.1) is 134 Å². The molecule has 0 saturated carbocycles. The highest BCUT2D eigenvalue weighted by molar-refractivity contribution is 5.73. The molecule has 10 unspecified atom stereocenters. The average Bonchev–Trinajstić information content (AvgIpc) is 3.34. The van der Waals surface area contributed by atoms with Crippen molar-refractivity contribution in [2.45, 2.75) is 157 Å². The topological polar surface area (TPSA) is 378 Å². The molecule has 0 amide bonds. The number of aliphatic hydroxyl groups excluding tert-OH is 11. The van der Waals surface area contributed by atoms with E-state index >= 15 is 0 Å². The fourth-order valence-electron chi connectivity index (χ4n) is 10.5. The molecule has 0 bridgehead atoms. The minimum atomic E-state index is -1.70. The normalized spacial score (nSPS) is 44.3. The molecule has 5 rings (SSSR count). The van der Waals surface area contributed by atoms with Crippen LogP contribution < -0.4 is 0 Å². The molecular weight excluding hydrogens is 952 g/mol. The van der Waals surface area contributed by atoms with E-state index in [-0.39, 0.29) is 51.7 Å². The molecule has 0 aromatic heterocycles. The van der Waals surface area contributed by atoms with Gasteiger partial charge < -0.3 is 113 Å². The quantitative estimate of drug-likeness (QED) is 0.0381.